The minimum Gasteiger partial charge on any atom is -0.480 e. The van der Waals surface area contributed by atoms with Gasteiger partial charge in [-0.2, -0.15) is 0 Å². The molecule has 1 aromatic heterocycles. The number of carbonyl (C=O) groups excluding carboxylic acids is 1. The van der Waals surface area contributed by atoms with Gasteiger partial charge < -0.3 is 10.0 Å². The summed E-state index contributed by atoms with van der Waals surface area (Å²) < 4.78 is 1.14. The summed E-state index contributed by atoms with van der Waals surface area (Å²) in [6.45, 7) is 4.63. The molecule has 0 atom stereocenters. The van der Waals surface area contributed by atoms with E-state index in [4.69, 9.17) is 5.11 Å². The molecule has 0 aliphatic rings. The van der Waals surface area contributed by atoms with Crippen molar-refractivity contribution in [2.45, 2.75) is 20.4 Å². The Bertz CT molecular complexity index is 399. The van der Waals surface area contributed by atoms with Crippen LogP contribution < -0.4 is 5.32 Å². The molecule has 0 unspecified atom stereocenters. The first-order valence-electron chi connectivity index (χ1n) is 5.24. The lowest BCUT2D eigenvalue weighted by Crippen LogP contribution is -2.34. The van der Waals surface area contributed by atoms with Crippen LogP contribution in [0.25, 0.3) is 0 Å². The maximum atomic E-state index is 11.6. The van der Waals surface area contributed by atoms with E-state index >= 15 is 0 Å². The molecule has 0 fully saturated rings. The average Bonchev–Trinajstić information content (AvgIpc) is 2.66. The summed E-state index contributed by atoms with van der Waals surface area (Å²) in [6, 6.07) is -0.280. The van der Waals surface area contributed by atoms with Gasteiger partial charge in [0.05, 0.1) is 6.20 Å². The number of urea groups is 1. The van der Waals surface area contributed by atoms with Gasteiger partial charge in [-0.05, 0) is 13.8 Å². The van der Waals surface area contributed by atoms with Crippen molar-refractivity contribution in [2.24, 2.45) is 0 Å². The Balaban J connectivity index is 2.59. The second-order valence-corrected chi connectivity index (χ2v) is 3.30. The maximum absolute atomic E-state index is 11.6. The van der Waals surface area contributed by atoms with Crippen LogP contribution in [0, 0.1) is 0 Å². The molecule has 0 spiro atoms. The van der Waals surface area contributed by atoms with Crippen molar-refractivity contribution in [1.29, 1.82) is 0 Å². The molecule has 1 rings (SSSR count). The monoisotopic (exact) mass is 241 g/mol. The zero-order valence-corrected chi connectivity index (χ0v) is 9.75. The fraction of sp³-hybridized carbons (Fsp3) is 0.556. The number of nitrogens with zero attached hydrogens (tertiary/aromatic N) is 4. The predicted octanol–water partition coefficient (Wildman–Crippen LogP) is 0.236. The molecule has 1 aromatic rings. The number of rotatable bonds is 5. The smallest absolute Gasteiger partial charge is 0.325 e. The summed E-state index contributed by atoms with van der Waals surface area (Å²) in [7, 11) is 0. The summed E-state index contributed by atoms with van der Waals surface area (Å²) in [4.78, 5) is 23.6. The van der Waals surface area contributed by atoms with E-state index in [0.717, 1.165) is 4.68 Å². The number of nitrogens with one attached hydrogen (secondary N) is 1. The van der Waals surface area contributed by atoms with Crippen molar-refractivity contribution in [1.82, 2.24) is 19.9 Å². The quantitative estimate of drug-likeness (QED) is 0.768. The first-order chi connectivity index (χ1) is 8.06. The van der Waals surface area contributed by atoms with Gasteiger partial charge in [0.2, 0.25) is 0 Å². The summed E-state index contributed by atoms with van der Waals surface area (Å²) in [5.74, 6) is -0.778. The molecular formula is C9H15N5O3. The largest absolute Gasteiger partial charge is 0.480 e. The molecule has 1 heterocycles. The van der Waals surface area contributed by atoms with Crippen molar-refractivity contribution in [3.05, 3.63) is 6.20 Å². The number of hydrogen-bond acceptors (Lipinski definition) is 4. The van der Waals surface area contributed by atoms with Crippen molar-refractivity contribution >= 4 is 17.8 Å². The third-order valence-electron chi connectivity index (χ3n) is 2.12. The van der Waals surface area contributed by atoms with Crippen LogP contribution in [-0.2, 0) is 11.3 Å². The topological polar surface area (TPSA) is 100 Å². The van der Waals surface area contributed by atoms with Gasteiger partial charge in [-0.15, -0.1) is 5.10 Å². The predicted molar refractivity (Wildman–Crippen MR) is 59.6 cm³/mol. The van der Waals surface area contributed by atoms with Gasteiger partial charge >= 0.3 is 12.0 Å². The first kappa shape index (κ1) is 12.9. The van der Waals surface area contributed by atoms with E-state index in [9.17, 15) is 9.59 Å². The molecule has 0 aromatic carbocycles. The van der Waals surface area contributed by atoms with E-state index in [-0.39, 0.29) is 18.4 Å². The number of hydrogen-bond donors (Lipinski definition) is 2. The molecule has 0 aliphatic carbocycles. The molecule has 0 bridgehead atoms. The lowest BCUT2D eigenvalue weighted by atomic mass is 10.5. The van der Waals surface area contributed by atoms with Crippen molar-refractivity contribution < 1.29 is 14.7 Å². The Morgan fingerprint density at radius 1 is 1.47 bits per heavy atom. The lowest BCUT2D eigenvalue weighted by molar-refractivity contribution is -0.137. The Morgan fingerprint density at radius 2 is 2.12 bits per heavy atom. The van der Waals surface area contributed by atoms with Gasteiger partial charge in [-0.25, -0.2) is 9.48 Å². The van der Waals surface area contributed by atoms with Crippen LogP contribution in [-0.4, -0.2) is 50.1 Å². The zero-order chi connectivity index (χ0) is 12.8. The van der Waals surface area contributed by atoms with E-state index in [2.05, 4.69) is 15.6 Å². The maximum Gasteiger partial charge on any atom is 0.325 e. The van der Waals surface area contributed by atoms with E-state index < -0.39 is 5.97 Å². The molecule has 0 aliphatic heterocycles. The fourth-order valence-corrected chi connectivity index (χ4v) is 1.27. The third-order valence-corrected chi connectivity index (χ3v) is 2.12. The summed E-state index contributed by atoms with van der Waals surface area (Å²) in [6.07, 6.45) is 1.37. The Kier molecular flexibility index (Phi) is 4.44. The van der Waals surface area contributed by atoms with E-state index in [1.807, 2.05) is 13.8 Å². The number of aromatic nitrogens is 3. The van der Waals surface area contributed by atoms with Gasteiger partial charge in [0.1, 0.15) is 6.54 Å². The first-order valence-corrected chi connectivity index (χ1v) is 5.24. The molecule has 94 valence electrons. The van der Waals surface area contributed by atoms with Gasteiger partial charge in [0, 0.05) is 13.1 Å². The van der Waals surface area contributed by atoms with Crippen LogP contribution in [0.3, 0.4) is 0 Å². The van der Waals surface area contributed by atoms with Crippen molar-refractivity contribution in [2.75, 3.05) is 18.4 Å². The highest BCUT2D eigenvalue weighted by atomic mass is 16.4. The normalized spacial score (nSPS) is 10.0. The SMILES string of the molecule is CCN(CC)C(=O)Nc1cn(CC(=O)O)nn1. The van der Waals surface area contributed by atoms with Gasteiger partial charge in [-0.1, -0.05) is 5.21 Å². The van der Waals surface area contributed by atoms with Gasteiger partial charge in [0.15, 0.2) is 5.82 Å². The van der Waals surface area contributed by atoms with Gasteiger partial charge in [-0.3, -0.25) is 10.1 Å². The number of amides is 2. The van der Waals surface area contributed by atoms with Gasteiger partial charge in [0.25, 0.3) is 0 Å². The minimum atomic E-state index is -1.02. The van der Waals surface area contributed by atoms with Crippen LogP contribution in [0.15, 0.2) is 6.20 Å². The molecular weight excluding hydrogens is 226 g/mol. The Hall–Kier alpha value is -2.12. The number of carboxylic acids is 1. The second kappa shape index (κ2) is 5.83. The highest BCUT2D eigenvalue weighted by molar-refractivity contribution is 5.88. The number of aliphatic carboxylic acids is 1. The average molecular weight is 241 g/mol. The molecule has 17 heavy (non-hydrogen) atoms. The molecule has 0 saturated carbocycles. The van der Waals surface area contributed by atoms with E-state index in [1.54, 1.807) is 4.90 Å². The third kappa shape index (κ3) is 3.74. The van der Waals surface area contributed by atoms with Crippen LogP contribution >= 0.6 is 0 Å². The molecule has 2 amide bonds. The summed E-state index contributed by atoms with van der Waals surface area (Å²) >= 11 is 0. The molecule has 0 radical (unpaired) electrons. The van der Waals surface area contributed by atoms with E-state index in [0.29, 0.717) is 13.1 Å². The summed E-state index contributed by atoms with van der Waals surface area (Å²) in [5, 5.41) is 18.3. The van der Waals surface area contributed by atoms with Crippen LogP contribution in [0.2, 0.25) is 0 Å². The Labute approximate surface area is 98.2 Å². The number of carboxylic acid groups (broad SMARTS) is 1. The zero-order valence-electron chi connectivity index (χ0n) is 9.75. The van der Waals surface area contributed by atoms with Crippen LogP contribution in [0.4, 0.5) is 10.6 Å². The minimum absolute atomic E-state index is 0.239. The van der Waals surface area contributed by atoms with E-state index in [1.165, 1.54) is 6.20 Å². The summed E-state index contributed by atoms with van der Waals surface area (Å²) in [5.41, 5.74) is 0. The van der Waals surface area contributed by atoms with Crippen molar-refractivity contribution in [3.8, 4) is 0 Å². The second-order valence-electron chi connectivity index (χ2n) is 3.30. The van der Waals surface area contributed by atoms with Crippen molar-refractivity contribution in [3.63, 3.8) is 0 Å². The highest BCUT2D eigenvalue weighted by Gasteiger charge is 2.11. The molecule has 8 nitrogen and oxygen atoms in total. The number of carbonyl (C=O) groups is 2. The molecule has 0 saturated heterocycles. The standard InChI is InChI=1S/C9H15N5O3/c1-3-13(4-2)9(17)10-7-5-14(12-11-7)6-8(15)16/h5H,3-4,6H2,1-2H3,(H,10,17)(H,15,16). The van der Waals surface area contributed by atoms with Crippen LogP contribution in [0.1, 0.15) is 13.8 Å². The lowest BCUT2D eigenvalue weighted by Gasteiger charge is -2.17. The Morgan fingerprint density at radius 3 is 2.65 bits per heavy atom. The fourth-order valence-electron chi connectivity index (χ4n) is 1.27. The van der Waals surface area contributed by atoms with Crippen LogP contribution in [0.5, 0.6) is 0 Å². The molecule has 2 N–H and O–H groups in total. The molecule has 8 heteroatoms. The highest BCUT2D eigenvalue weighted by Crippen LogP contribution is 2.02. The number of anilines is 1.